The van der Waals surface area contributed by atoms with E-state index in [1.165, 1.54) is 23.5 Å². The summed E-state index contributed by atoms with van der Waals surface area (Å²) >= 11 is 0. The first kappa shape index (κ1) is 26.8. The van der Waals surface area contributed by atoms with Gasteiger partial charge >= 0.3 is 6.18 Å². The number of anilines is 1. The molecule has 33 heavy (non-hydrogen) atoms. The molecule has 1 heterocycles. The Morgan fingerprint density at radius 1 is 1.30 bits per heavy atom. The Hall–Kier alpha value is -2.44. The van der Waals surface area contributed by atoms with Crippen molar-refractivity contribution in [1.82, 2.24) is 14.5 Å². The van der Waals surface area contributed by atoms with Gasteiger partial charge in [0.2, 0.25) is 16.0 Å². The highest BCUT2D eigenvalue weighted by Crippen LogP contribution is 2.25. The predicted octanol–water partition coefficient (Wildman–Crippen LogP) is 3.27. The molecular weight excluding hydrogens is 457 g/mol. The van der Waals surface area contributed by atoms with Gasteiger partial charge < -0.3 is 15.5 Å². The van der Waals surface area contributed by atoms with Gasteiger partial charge in [-0.1, -0.05) is 6.58 Å². The zero-order valence-corrected chi connectivity index (χ0v) is 19.7. The van der Waals surface area contributed by atoms with Crippen LogP contribution in [0.1, 0.15) is 25.7 Å². The van der Waals surface area contributed by atoms with Gasteiger partial charge in [0.25, 0.3) is 0 Å². The molecular formula is C21H31F3N6O2S. The van der Waals surface area contributed by atoms with Gasteiger partial charge in [-0.05, 0) is 63.3 Å². The van der Waals surface area contributed by atoms with E-state index in [-0.39, 0.29) is 23.3 Å². The normalized spacial score (nSPS) is 18.2. The molecule has 2 N–H and O–H groups in total. The number of benzene rings is 1. The fourth-order valence-corrected chi connectivity index (χ4v) is 4.90. The number of likely N-dealkylation sites (tertiary alicyclic amines) is 1. The van der Waals surface area contributed by atoms with Gasteiger partial charge in [0.15, 0.2) is 0 Å². The summed E-state index contributed by atoms with van der Waals surface area (Å²) < 4.78 is 64.8. The van der Waals surface area contributed by atoms with E-state index in [4.69, 9.17) is 0 Å². The largest absolute Gasteiger partial charge is 0.389 e. The number of rotatable bonds is 9. The first-order chi connectivity index (χ1) is 15.5. The number of hydrogen-bond acceptors (Lipinski definition) is 5. The summed E-state index contributed by atoms with van der Waals surface area (Å²) in [7, 11) is -0.592. The van der Waals surface area contributed by atoms with E-state index in [1.807, 2.05) is 4.90 Å². The van der Waals surface area contributed by atoms with Crippen molar-refractivity contribution < 1.29 is 21.6 Å². The number of piperidine rings is 1. The Bertz CT molecular complexity index is 948. The minimum absolute atomic E-state index is 0.00761. The van der Waals surface area contributed by atoms with Crippen LogP contribution in [0.3, 0.4) is 0 Å². The van der Waals surface area contributed by atoms with Crippen molar-refractivity contribution in [3.63, 3.8) is 0 Å². The Labute approximate surface area is 193 Å². The topological polar surface area (TPSA) is 89.4 Å². The molecule has 1 fully saturated rings. The summed E-state index contributed by atoms with van der Waals surface area (Å²) in [6.07, 6.45) is -3.61. The number of halogens is 3. The molecule has 1 atom stereocenters. The number of guanidine groups is 1. The molecule has 1 unspecified atom stereocenters. The molecule has 0 saturated carbocycles. The van der Waals surface area contributed by atoms with Gasteiger partial charge in [0, 0.05) is 38.8 Å². The van der Waals surface area contributed by atoms with Crippen molar-refractivity contribution in [3.05, 3.63) is 36.7 Å². The number of hydrogen-bond donors (Lipinski definition) is 2. The van der Waals surface area contributed by atoms with Crippen molar-refractivity contribution in [3.8, 4) is 0 Å². The van der Waals surface area contributed by atoms with Crippen LogP contribution in [0.5, 0.6) is 0 Å². The van der Waals surface area contributed by atoms with Crippen LogP contribution >= 0.6 is 0 Å². The van der Waals surface area contributed by atoms with E-state index in [0.29, 0.717) is 37.6 Å². The third kappa shape index (κ3) is 8.13. The molecule has 1 saturated heterocycles. The van der Waals surface area contributed by atoms with E-state index in [1.54, 1.807) is 19.2 Å². The summed E-state index contributed by atoms with van der Waals surface area (Å²) in [6, 6.07) is 5.84. The van der Waals surface area contributed by atoms with Gasteiger partial charge in [-0.25, -0.2) is 13.4 Å². The number of alkyl halides is 3. The van der Waals surface area contributed by atoms with E-state index < -0.39 is 22.6 Å². The second-order valence-corrected chi connectivity index (χ2v) is 9.77. The molecule has 184 valence electrons. The molecule has 1 aromatic rings. The van der Waals surface area contributed by atoms with Crippen molar-refractivity contribution >= 4 is 28.4 Å². The molecule has 2 rings (SSSR count). The number of nitrogens with zero attached hydrogens (tertiary/aromatic N) is 4. The van der Waals surface area contributed by atoms with Crippen LogP contribution in [0, 0.1) is 0 Å². The fraction of sp³-hybridized carbons (Fsp3) is 0.524. The molecule has 12 heteroatoms. The number of sulfonamides is 1. The quantitative estimate of drug-likeness (QED) is 0.411. The molecule has 1 aromatic carbocycles. The van der Waals surface area contributed by atoms with Crippen molar-refractivity contribution in [1.29, 1.82) is 0 Å². The number of likely N-dealkylation sites (N-methyl/N-ethyl adjacent to an activating group) is 1. The van der Waals surface area contributed by atoms with Crippen LogP contribution in [0.2, 0.25) is 0 Å². The Morgan fingerprint density at radius 3 is 2.55 bits per heavy atom. The van der Waals surface area contributed by atoms with E-state index >= 15 is 0 Å². The van der Waals surface area contributed by atoms with Crippen LogP contribution in [0.15, 0.2) is 51.5 Å². The molecule has 0 aromatic heterocycles. The van der Waals surface area contributed by atoms with E-state index in [2.05, 4.69) is 33.9 Å². The molecule has 8 nitrogen and oxygen atoms in total. The first-order valence-corrected chi connectivity index (χ1v) is 12.0. The standard InChI is InChI=1S/C21H31F3N6O2S/c1-16(25-2)27-20(26-3)28-17-8-10-19(11-9-17)33(31,32)29(4)18-7-5-13-30(15-18)14-6-12-21(22,23)24/h8-11,18,25H,1,3,5-7,12-15H2,2,4H3,(H,27,28). The summed E-state index contributed by atoms with van der Waals surface area (Å²) in [5.74, 6) is 0.584. The van der Waals surface area contributed by atoms with E-state index in [0.717, 1.165) is 6.42 Å². The highest BCUT2D eigenvalue weighted by atomic mass is 32.2. The van der Waals surface area contributed by atoms with Gasteiger partial charge in [-0.3, -0.25) is 0 Å². The second-order valence-electron chi connectivity index (χ2n) is 7.78. The van der Waals surface area contributed by atoms with Gasteiger partial charge in [-0.2, -0.15) is 22.5 Å². The minimum Gasteiger partial charge on any atom is -0.374 e. The summed E-state index contributed by atoms with van der Waals surface area (Å²) in [4.78, 5) is 9.88. The summed E-state index contributed by atoms with van der Waals surface area (Å²) in [5.41, 5.74) is 0.570. The summed E-state index contributed by atoms with van der Waals surface area (Å²) in [6.45, 7) is 8.50. The first-order valence-electron chi connectivity index (χ1n) is 10.5. The van der Waals surface area contributed by atoms with Crippen molar-refractivity contribution in [2.75, 3.05) is 39.0 Å². The SMILES string of the molecule is C=N/C(=N\C(=C)NC)Nc1ccc(S(=O)(=O)N(C)C2CCCN(CCCC(F)(F)F)C2)cc1. The van der Waals surface area contributed by atoms with Crippen LogP contribution < -0.4 is 10.6 Å². The van der Waals surface area contributed by atoms with Crippen LogP contribution in [0.4, 0.5) is 18.9 Å². The molecule has 0 spiro atoms. The zero-order chi connectivity index (χ0) is 24.6. The maximum Gasteiger partial charge on any atom is 0.389 e. The molecule has 0 radical (unpaired) electrons. The third-order valence-electron chi connectivity index (χ3n) is 5.40. The van der Waals surface area contributed by atoms with Crippen LogP contribution in [-0.2, 0) is 10.0 Å². The van der Waals surface area contributed by atoms with Crippen molar-refractivity contribution in [2.45, 2.75) is 42.8 Å². The Morgan fingerprint density at radius 2 is 1.97 bits per heavy atom. The van der Waals surface area contributed by atoms with Gasteiger partial charge in [0.05, 0.1) is 4.90 Å². The maximum absolute atomic E-state index is 13.1. The lowest BCUT2D eigenvalue weighted by Crippen LogP contribution is -2.48. The molecule has 1 aliphatic rings. The second kappa shape index (κ2) is 11.6. The minimum atomic E-state index is -4.18. The van der Waals surface area contributed by atoms with Crippen LogP contribution in [0.25, 0.3) is 0 Å². The van der Waals surface area contributed by atoms with Crippen molar-refractivity contribution in [2.24, 2.45) is 9.98 Å². The highest BCUT2D eigenvalue weighted by molar-refractivity contribution is 7.89. The number of nitrogens with one attached hydrogen (secondary N) is 2. The molecule has 0 bridgehead atoms. The lowest BCUT2D eigenvalue weighted by Gasteiger charge is -2.37. The van der Waals surface area contributed by atoms with E-state index in [9.17, 15) is 21.6 Å². The van der Waals surface area contributed by atoms with Crippen LogP contribution in [-0.4, -0.2) is 76.2 Å². The number of aliphatic imine (C=N–C) groups is 2. The molecule has 0 amide bonds. The zero-order valence-electron chi connectivity index (χ0n) is 18.9. The molecule has 1 aliphatic heterocycles. The lowest BCUT2D eigenvalue weighted by molar-refractivity contribution is -0.136. The average Bonchev–Trinajstić information content (AvgIpc) is 2.77. The Kier molecular flexibility index (Phi) is 9.44. The average molecular weight is 489 g/mol. The fourth-order valence-electron chi connectivity index (χ4n) is 3.52. The maximum atomic E-state index is 13.1. The lowest BCUT2D eigenvalue weighted by atomic mass is 10.1. The smallest absolute Gasteiger partial charge is 0.374 e. The monoisotopic (exact) mass is 488 g/mol. The van der Waals surface area contributed by atoms with Gasteiger partial charge in [0.1, 0.15) is 5.82 Å². The Balaban J connectivity index is 2.04. The van der Waals surface area contributed by atoms with Gasteiger partial charge in [-0.15, -0.1) is 0 Å². The summed E-state index contributed by atoms with van der Waals surface area (Å²) in [5, 5.41) is 5.69. The third-order valence-corrected chi connectivity index (χ3v) is 7.32. The predicted molar refractivity (Wildman–Crippen MR) is 125 cm³/mol. The highest BCUT2D eigenvalue weighted by Gasteiger charge is 2.32. The molecule has 0 aliphatic carbocycles.